The van der Waals surface area contributed by atoms with Crippen LogP contribution in [-0.4, -0.2) is 61.2 Å². The summed E-state index contributed by atoms with van der Waals surface area (Å²) in [6, 6.07) is 13.3. The Hall–Kier alpha value is -2.31. The highest BCUT2D eigenvalue weighted by molar-refractivity contribution is 6.32. The molecule has 30 heavy (non-hydrogen) atoms. The number of fused-ring (bicyclic) bond motifs is 1. The molecule has 6 nitrogen and oxygen atoms in total. The van der Waals surface area contributed by atoms with Gasteiger partial charge in [0.25, 0.3) is 0 Å². The van der Waals surface area contributed by atoms with Crippen molar-refractivity contribution < 1.29 is 0 Å². The van der Waals surface area contributed by atoms with Gasteiger partial charge >= 0.3 is 0 Å². The van der Waals surface area contributed by atoms with E-state index in [9.17, 15) is 0 Å². The summed E-state index contributed by atoms with van der Waals surface area (Å²) in [6.45, 7) is 7.09. The first-order valence-electron chi connectivity index (χ1n) is 10.8. The standard InChI is InChI=1S/C23H31ClN6/c1-17(29-12-9-18-6-3-4-7-19(18)15-29)14-27-23(25-2)28-20-10-13-30(16-20)22-21(24)8-5-11-26-22/h3-8,11,17,20H,9-10,12-16H2,1-2H3,(H2,25,27,28). The quantitative estimate of drug-likeness (QED) is 0.568. The molecule has 2 aromatic rings. The van der Waals surface area contributed by atoms with Crippen LogP contribution in [0.25, 0.3) is 0 Å². The third-order valence-electron chi connectivity index (χ3n) is 6.14. The first-order chi connectivity index (χ1) is 14.6. The molecule has 2 N–H and O–H groups in total. The summed E-state index contributed by atoms with van der Waals surface area (Å²) in [4.78, 5) is 13.7. The minimum atomic E-state index is 0.325. The fourth-order valence-corrected chi connectivity index (χ4v) is 4.58. The Labute approximate surface area is 184 Å². The number of anilines is 1. The maximum Gasteiger partial charge on any atom is 0.191 e. The predicted molar refractivity (Wildman–Crippen MR) is 124 cm³/mol. The zero-order valence-electron chi connectivity index (χ0n) is 17.8. The van der Waals surface area contributed by atoms with Gasteiger partial charge in [-0.2, -0.15) is 0 Å². The summed E-state index contributed by atoms with van der Waals surface area (Å²) in [7, 11) is 1.83. The van der Waals surface area contributed by atoms with E-state index in [4.69, 9.17) is 11.6 Å². The highest BCUT2D eigenvalue weighted by atomic mass is 35.5. The van der Waals surface area contributed by atoms with Crippen molar-refractivity contribution in [2.45, 2.75) is 38.4 Å². The average molecular weight is 427 g/mol. The van der Waals surface area contributed by atoms with Gasteiger partial charge in [-0.05, 0) is 43.0 Å². The number of hydrogen-bond acceptors (Lipinski definition) is 4. The third kappa shape index (κ3) is 4.87. The lowest BCUT2D eigenvalue weighted by Crippen LogP contribution is -2.49. The number of pyridine rings is 1. The number of hydrogen-bond donors (Lipinski definition) is 2. The van der Waals surface area contributed by atoms with Gasteiger partial charge in [-0.15, -0.1) is 0 Å². The molecule has 0 amide bonds. The van der Waals surface area contributed by atoms with Gasteiger partial charge in [-0.3, -0.25) is 9.89 Å². The molecule has 2 aliphatic heterocycles. The predicted octanol–water partition coefficient (Wildman–Crippen LogP) is 2.93. The van der Waals surface area contributed by atoms with Crippen molar-refractivity contribution in [3.63, 3.8) is 0 Å². The lowest BCUT2D eigenvalue weighted by atomic mass is 9.99. The Bertz CT molecular complexity index is 886. The second-order valence-electron chi connectivity index (χ2n) is 8.18. The number of halogens is 1. The normalized spacial score (nSPS) is 20.7. The molecule has 0 spiro atoms. The molecule has 4 rings (SSSR count). The van der Waals surface area contributed by atoms with Gasteiger partial charge in [-0.25, -0.2) is 4.98 Å². The Morgan fingerprint density at radius 2 is 2.07 bits per heavy atom. The summed E-state index contributed by atoms with van der Waals surface area (Å²) in [5.41, 5.74) is 2.95. The third-order valence-corrected chi connectivity index (χ3v) is 6.43. The van der Waals surface area contributed by atoms with E-state index in [0.29, 0.717) is 17.1 Å². The van der Waals surface area contributed by atoms with Crippen LogP contribution in [0.3, 0.4) is 0 Å². The zero-order chi connectivity index (χ0) is 20.9. The molecule has 0 saturated carbocycles. The van der Waals surface area contributed by atoms with Gasteiger partial charge in [0.2, 0.25) is 0 Å². The minimum Gasteiger partial charge on any atom is -0.355 e. The number of benzene rings is 1. The van der Waals surface area contributed by atoms with Crippen LogP contribution < -0.4 is 15.5 Å². The van der Waals surface area contributed by atoms with Crippen molar-refractivity contribution in [2.75, 3.05) is 38.1 Å². The molecule has 0 radical (unpaired) electrons. The minimum absolute atomic E-state index is 0.325. The molecule has 0 bridgehead atoms. The molecule has 3 heterocycles. The first-order valence-corrected chi connectivity index (χ1v) is 11.2. The van der Waals surface area contributed by atoms with Crippen molar-refractivity contribution in [1.82, 2.24) is 20.5 Å². The Kier molecular flexibility index (Phi) is 6.75. The molecular formula is C23H31ClN6. The van der Waals surface area contributed by atoms with Crippen LogP contribution >= 0.6 is 11.6 Å². The second-order valence-corrected chi connectivity index (χ2v) is 8.58. The second kappa shape index (κ2) is 9.67. The molecule has 1 aromatic carbocycles. The zero-order valence-corrected chi connectivity index (χ0v) is 18.6. The van der Waals surface area contributed by atoms with E-state index in [1.165, 1.54) is 11.1 Å². The molecule has 1 fully saturated rings. The van der Waals surface area contributed by atoms with Crippen molar-refractivity contribution in [2.24, 2.45) is 4.99 Å². The van der Waals surface area contributed by atoms with Gasteiger partial charge < -0.3 is 15.5 Å². The highest BCUT2D eigenvalue weighted by Crippen LogP contribution is 2.25. The van der Waals surface area contributed by atoms with Crippen LogP contribution in [0.1, 0.15) is 24.5 Å². The van der Waals surface area contributed by atoms with Crippen LogP contribution in [0.5, 0.6) is 0 Å². The summed E-state index contributed by atoms with van der Waals surface area (Å²) < 4.78 is 0. The van der Waals surface area contributed by atoms with E-state index in [-0.39, 0.29) is 0 Å². The molecule has 7 heteroatoms. The van der Waals surface area contributed by atoms with Crippen LogP contribution in [0.4, 0.5) is 5.82 Å². The number of nitrogens with one attached hydrogen (secondary N) is 2. The maximum atomic E-state index is 6.31. The number of rotatable bonds is 5. The Morgan fingerprint density at radius 3 is 2.87 bits per heavy atom. The Morgan fingerprint density at radius 1 is 1.23 bits per heavy atom. The summed E-state index contributed by atoms with van der Waals surface area (Å²) in [5, 5.41) is 7.79. The van der Waals surface area contributed by atoms with Gasteiger partial charge in [0.1, 0.15) is 5.82 Å². The molecule has 2 unspecified atom stereocenters. The molecular weight excluding hydrogens is 396 g/mol. The van der Waals surface area contributed by atoms with Crippen molar-refractivity contribution in [3.05, 3.63) is 58.7 Å². The molecule has 1 aromatic heterocycles. The van der Waals surface area contributed by atoms with E-state index in [0.717, 1.165) is 57.3 Å². The van der Waals surface area contributed by atoms with Gasteiger partial charge in [0.05, 0.1) is 5.02 Å². The van der Waals surface area contributed by atoms with E-state index in [1.807, 2.05) is 19.2 Å². The van der Waals surface area contributed by atoms with E-state index in [2.05, 4.69) is 61.6 Å². The SMILES string of the molecule is CN=C(NCC(C)N1CCc2ccccc2C1)NC1CCN(c2ncccc2Cl)C1. The van der Waals surface area contributed by atoms with Crippen LogP contribution in [0.15, 0.2) is 47.6 Å². The van der Waals surface area contributed by atoms with Crippen LogP contribution in [0, 0.1) is 0 Å². The number of guanidine groups is 1. The monoisotopic (exact) mass is 426 g/mol. The van der Waals surface area contributed by atoms with Crippen molar-refractivity contribution >= 4 is 23.4 Å². The smallest absolute Gasteiger partial charge is 0.191 e. The summed E-state index contributed by atoms with van der Waals surface area (Å²) in [5.74, 6) is 1.73. The molecule has 0 aliphatic carbocycles. The van der Waals surface area contributed by atoms with Gasteiger partial charge in [0, 0.05) is 58.1 Å². The maximum absolute atomic E-state index is 6.31. The molecule has 2 aliphatic rings. The Balaban J connectivity index is 1.26. The van der Waals surface area contributed by atoms with Crippen molar-refractivity contribution in [1.29, 1.82) is 0 Å². The molecule has 160 valence electrons. The number of aromatic nitrogens is 1. The van der Waals surface area contributed by atoms with Gasteiger partial charge in [-0.1, -0.05) is 35.9 Å². The topological polar surface area (TPSA) is 55.8 Å². The van der Waals surface area contributed by atoms with E-state index < -0.39 is 0 Å². The van der Waals surface area contributed by atoms with E-state index >= 15 is 0 Å². The molecule has 2 atom stereocenters. The summed E-state index contributed by atoms with van der Waals surface area (Å²) >= 11 is 6.31. The fraction of sp³-hybridized carbons (Fsp3) is 0.478. The highest BCUT2D eigenvalue weighted by Gasteiger charge is 2.26. The number of aliphatic imine (C=N–C) groups is 1. The van der Waals surface area contributed by atoms with Crippen LogP contribution in [0.2, 0.25) is 5.02 Å². The number of nitrogens with zero attached hydrogens (tertiary/aromatic N) is 4. The van der Waals surface area contributed by atoms with E-state index in [1.54, 1.807) is 6.20 Å². The van der Waals surface area contributed by atoms with Gasteiger partial charge in [0.15, 0.2) is 5.96 Å². The molecule has 1 saturated heterocycles. The lowest BCUT2D eigenvalue weighted by molar-refractivity contribution is 0.191. The van der Waals surface area contributed by atoms with Crippen LogP contribution in [-0.2, 0) is 13.0 Å². The first kappa shape index (κ1) is 20.9. The lowest BCUT2D eigenvalue weighted by Gasteiger charge is -2.34. The average Bonchev–Trinajstić information content (AvgIpc) is 3.24. The summed E-state index contributed by atoms with van der Waals surface area (Å²) in [6.07, 6.45) is 3.95. The fourth-order valence-electron chi connectivity index (χ4n) is 4.34. The van der Waals surface area contributed by atoms with Crippen molar-refractivity contribution in [3.8, 4) is 0 Å². The largest absolute Gasteiger partial charge is 0.355 e.